The highest BCUT2D eigenvalue weighted by Crippen LogP contribution is 2.29. The number of carbonyl (C=O) groups excluding carboxylic acids is 1. The first kappa shape index (κ1) is 20.0. The molecular formula is C22H25N5O3. The van der Waals surface area contributed by atoms with Gasteiger partial charge >= 0.3 is 0 Å². The average Bonchev–Trinajstić information content (AvgIpc) is 3.30. The molecule has 0 saturated carbocycles. The van der Waals surface area contributed by atoms with Gasteiger partial charge in [0.15, 0.2) is 0 Å². The van der Waals surface area contributed by atoms with Gasteiger partial charge in [0.1, 0.15) is 11.4 Å². The molecule has 8 heteroatoms. The summed E-state index contributed by atoms with van der Waals surface area (Å²) in [6.45, 7) is 3.50. The topological polar surface area (TPSA) is 93.4 Å². The van der Waals surface area contributed by atoms with Crippen LogP contribution in [0, 0.1) is 0 Å². The molecule has 1 unspecified atom stereocenters. The fourth-order valence-electron chi connectivity index (χ4n) is 3.68. The minimum Gasteiger partial charge on any atom is -0.495 e. The molecule has 0 bridgehead atoms. The van der Waals surface area contributed by atoms with Crippen molar-refractivity contribution in [2.75, 3.05) is 25.5 Å². The van der Waals surface area contributed by atoms with Gasteiger partial charge in [0.25, 0.3) is 0 Å². The normalized spacial score (nSPS) is 16.2. The molecule has 3 aromatic rings. The van der Waals surface area contributed by atoms with E-state index in [0.29, 0.717) is 28.8 Å². The molecule has 3 heterocycles. The number of hydrogen-bond acceptors (Lipinski definition) is 7. The molecule has 0 aliphatic carbocycles. The van der Waals surface area contributed by atoms with Gasteiger partial charge in [-0.05, 0) is 57.1 Å². The van der Waals surface area contributed by atoms with E-state index in [1.165, 1.54) is 0 Å². The van der Waals surface area contributed by atoms with Crippen molar-refractivity contribution >= 4 is 11.6 Å². The third-order valence-electron chi connectivity index (χ3n) is 5.51. The number of aromatic nitrogens is 3. The Hall–Kier alpha value is -3.26. The summed E-state index contributed by atoms with van der Waals surface area (Å²) in [5.41, 5.74) is 1.38. The van der Waals surface area contributed by atoms with E-state index < -0.39 is 0 Å². The SMILES string of the molecule is COc1ccccc1NC(=O)C(C)N1CCC(c2nc(-c3ccccn3)no2)CC1. The van der Waals surface area contributed by atoms with Crippen molar-refractivity contribution in [2.45, 2.75) is 31.7 Å². The molecule has 4 rings (SSSR count). The van der Waals surface area contributed by atoms with Crippen LogP contribution >= 0.6 is 0 Å². The van der Waals surface area contributed by atoms with Crippen molar-refractivity contribution in [3.8, 4) is 17.3 Å². The molecule has 30 heavy (non-hydrogen) atoms. The number of amides is 1. The van der Waals surface area contributed by atoms with Gasteiger partial charge in [-0.1, -0.05) is 23.4 Å². The zero-order valence-corrected chi connectivity index (χ0v) is 17.1. The molecule has 1 aliphatic heterocycles. The van der Waals surface area contributed by atoms with Crippen LogP contribution in [0.3, 0.4) is 0 Å². The molecule has 1 aliphatic rings. The Kier molecular flexibility index (Phi) is 6.04. The number of pyridine rings is 1. The molecule has 1 fully saturated rings. The monoisotopic (exact) mass is 407 g/mol. The first-order valence-electron chi connectivity index (χ1n) is 10.1. The first-order valence-corrected chi connectivity index (χ1v) is 10.1. The predicted molar refractivity (Wildman–Crippen MR) is 112 cm³/mol. The van der Waals surface area contributed by atoms with Crippen LogP contribution in [0.4, 0.5) is 5.69 Å². The van der Waals surface area contributed by atoms with Gasteiger partial charge in [-0.15, -0.1) is 0 Å². The quantitative estimate of drug-likeness (QED) is 0.670. The smallest absolute Gasteiger partial charge is 0.241 e. The molecule has 1 aromatic carbocycles. The lowest BCUT2D eigenvalue weighted by molar-refractivity contribution is -0.121. The van der Waals surface area contributed by atoms with Crippen LogP contribution in [0.15, 0.2) is 53.2 Å². The number of nitrogens with zero attached hydrogens (tertiary/aromatic N) is 4. The third-order valence-corrected chi connectivity index (χ3v) is 5.51. The van der Waals surface area contributed by atoms with Gasteiger partial charge < -0.3 is 14.6 Å². The van der Waals surface area contributed by atoms with Gasteiger partial charge in [0.05, 0.1) is 18.8 Å². The van der Waals surface area contributed by atoms with Crippen LogP contribution in [0.25, 0.3) is 11.5 Å². The summed E-state index contributed by atoms with van der Waals surface area (Å²) in [6, 6.07) is 12.8. The number of likely N-dealkylation sites (tertiary alicyclic amines) is 1. The van der Waals surface area contributed by atoms with E-state index >= 15 is 0 Å². The Bertz CT molecular complexity index is 983. The van der Waals surface area contributed by atoms with Crippen molar-refractivity contribution in [3.05, 3.63) is 54.6 Å². The fraction of sp³-hybridized carbons (Fsp3) is 0.364. The second-order valence-electron chi connectivity index (χ2n) is 7.35. The first-order chi connectivity index (χ1) is 14.7. The molecule has 1 N–H and O–H groups in total. The molecule has 0 spiro atoms. The summed E-state index contributed by atoms with van der Waals surface area (Å²) in [7, 11) is 1.59. The van der Waals surface area contributed by atoms with Gasteiger partial charge in [-0.2, -0.15) is 4.98 Å². The predicted octanol–water partition coefficient (Wildman–Crippen LogP) is 3.35. The number of carbonyl (C=O) groups is 1. The number of para-hydroxylation sites is 2. The van der Waals surface area contributed by atoms with Crippen molar-refractivity contribution < 1.29 is 14.1 Å². The Labute approximate surface area is 175 Å². The number of rotatable bonds is 6. The molecule has 0 radical (unpaired) electrons. The van der Waals surface area contributed by atoms with Crippen molar-refractivity contribution in [3.63, 3.8) is 0 Å². The number of piperidine rings is 1. The highest BCUT2D eigenvalue weighted by Gasteiger charge is 2.30. The Morgan fingerprint density at radius 3 is 2.70 bits per heavy atom. The molecule has 8 nitrogen and oxygen atoms in total. The van der Waals surface area contributed by atoms with Crippen LogP contribution in [0.1, 0.15) is 31.6 Å². The van der Waals surface area contributed by atoms with Crippen molar-refractivity contribution in [2.24, 2.45) is 0 Å². The van der Waals surface area contributed by atoms with Gasteiger partial charge in [-0.25, -0.2) is 0 Å². The van der Waals surface area contributed by atoms with E-state index in [4.69, 9.17) is 9.26 Å². The Morgan fingerprint density at radius 1 is 1.20 bits per heavy atom. The minimum absolute atomic E-state index is 0.0480. The lowest BCUT2D eigenvalue weighted by Crippen LogP contribution is -2.45. The molecular weight excluding hydrogens is 382 g/mol. The Morgan fingerprint density at radius 2 is 1.97 bits per heavy atom. The van der Waals surface area contributed by atoms with E-state index in [-0.39, 0.29) is 17.9 Å². The lowest BCUT2D eigenvalue weighted by Gasteiger charge is -2.34. The van der Waals surface area contributed by atoms with Crippen molar-refractivity contribution in [1.82, 2.24) is 20.0 Å². The second kappa shape index (κ2) is 9.04. The standard InChI is InChI=1S/C22H25N5O3/c1-15(21(28)24-17-7-3-4-9-19(17)29-2)27-13-10-16(11-14-27)22-25-20(26-30-22)18-8-5-6-12-23-18/h3-9,12,15-16H,10-11,13-14H2,1-2H3,(H,24,28). The van der Waals surface area contributed by atoms with Crippen LogP contribution in [0.2, 0.25) is 0 Å². The van der Waals surface area contributed by atoms with E-state index in [0.717, 1.165) is 25.9 Å². The zero-order valence-electron chi connectivity index (χ0n) is 17.1. The highest BCUT2D eigenvalue weighted by molar-refractivity contribution is 5.95. The van der Waals surface area contributed by atoms with Crippen LogP contribution in [-0.4, -0.2) is 52.2 Å². The van der Waals surface area contributed by atoms with E-state index in [9.17, 15) is 4.79 Å². The summed E-state index contributed by atoms with van der Waals surface area (Å²) in [5, 5.41) is 7.04. The number of ether oxygens (including phenoxy) is 1. The maximum absolute atomic E-state index is 12.7. The highest BCUT2D eigenvalue weighted by atomic mass is 16.5. The van der Waals surface area contributed by atoms with Gasteiger partial charge in [-0.3, -0.25) is 14.7 Å². The van der Waals surface area contributed by atoms with Crippen LogP contribution in [-0.2, 0) is 4.79 Å². The van der Waals surface area contributed by atoms with E-state index in [2.05, 4.69) is 25.3 Å². The summed E-state index contributed by atoms with van der Waals surface area (Å²) < 4.78 is 10.8. The average molecular weight is 407 g/mol. The maximum Gasteiger partial charge on any atom is 0.241 e. The number of benzene rings is 1. The molecule has 2 aromatic heterocycles. The summed E-state index contributed by atoms with van der Waals surface area (Å²) >= 11 is 0. The summed E-state index contributed by atoms with van der Waals surface area (Å²) in [6.07, 6.45) is 3.42. The molecule has 1 amide bonds. The van der Waals surface area contributed by atoms with E-state index in [1.807, 2.05) is 49.4 Å². The second-order valence-corrected chi connectivity index (χ2v) is 7.35. The number of anilines is 1. The van der Waals surface area contributed by atoms with E-state index in [1.54, 1.807) is 13.3 Å². The van der Waals surface area contributed by atoms with Gasteiger partial charge in [0.2, 0.25) is 17.6 Å². The zero-order chi connectivity index (χ0) is 20.9. The van der Waals surface area contributed by atoms with Crippen LogP contribution in [0.5, 0.6) is 5.75 Å². The van der Waals surface area contributed by atoms with Gasteiger partial charge in [0, 0.05) is 12.1 Å². The molecule has 156 valence electrons. The minimum atomic E-state index is -0.248. The summed E-state index contributed by atoms with van der Waals surface area (Å²) in [5.74, 6) is 1.94. The number of methoxy groups -OCH3 is 1. The third kappa shape index (κ3) is 4.33. The number of nitrogens with one attached hydrogen (secondary N) is 1. The summed E-state index contributed by atoms with van der Waals surface area (Å²) in [4.78, 5) is 23.7. The largest absolute Gasteiger partial charge is 0.495 e. The fourth-order valence-corrected chi connectivity index (χ4v) is 3.68. The number of hydrogen-bond donors (Lipinski definition) is 1. The molecule has 1 atom stereocenters. The van der Waals surface area contributed by atoms with Crippen molar-refractivity contribution in [1.29, 1.82) is 0 Å². The Balaban J connectivity index is 1.34. The molecule has 1 saturated heterocycles. The van der Waals surface area contributed by atoms with Crippen LogP contribution < -0.4 is 10.1 Å². The lowest BCUT2D eigenvalue weighted by atomic mass is 9.95. The maximum atomic E-state index is 12.7.